The molecular formula is C18H36O. The van der Waals surface area contributed by atoms with Crippen LogP contribution in [0.25, 0.3) is 0 Å². The topological polar surface area (TPSA) is 20.2 Å². The van der Waals surface area contributed by atoms with E-state index in [1.807, 2.05) is 0 Å². The maximum Gasteiger partial charge on any atom is 0.0675 e. The van der Waals surface area contributed by atoms with Crippen LogP contribution >= 0.6 is 0 Å². The largest absolute Gasteiger partial charge is 0.390 e. The number of hydrogen-bond acceptors (Lipinski definition) is 1. The number of unbranched alkanes of at least 4 members (excludes halogenated alkanes) is 7. The molecule has 1 fully saturated rings. The Labute approximate surface area is 121 Å². The molecule has 1 heteroatoms. The Bertz CT molecular complexity index is 214. The summed E-state index contributed by atoms with van der Waals surface area (Å²) in [5, 5.41) is 10.8. The Morgan fingerprint density at radius 3 is 2.16 bits per heavy atom. The summed E-state index contributed by atoms with van der Waals surface area (Å²) in [7, 11) is 0. The van der Waals surface area contributed by atoms with Gasteiger partial charge in [-0.15, -0.1) is 0 Å². The average molecular weight is 268 g/mol. The van der Waals surface area contributed by atoms with Crippen molar-refractivity contribution in [3.8, 4) is 0 Å². The lowest BCUT2D eigenvalue weighted by atomic mass is 9.71. The van der Waals surface area contributed by atoms with Gasteiger partial charge in [0, 0.05) is 0 Å². The zero-order chi connectivity index (χ0) is 14.0. The summed E-state index contributed by atoms with van der Waals surface area (Å²) in [6, 6.07) is 0. The van der Waals surface area contributed by atoms with E-state index in [1.54, 1.807) is 0 Å². The van der Waals surface area contributed by atoms with Crippen LogP contribution in [-0.2, 0) is 0 Å². The molecule has 1 aliphatic rings. The molecule has 0 radical (unpaired) electrons. The molecule has 0 heterocycles. The third-order valence-corrected chi connectivity index (χ3v) is 5.13. The second-order valence-electron chi connectivity index (χ2n) is 6.68. The van der Waals surface area contributed by atoms with Crippen LogP contribution in [0.4, 0.5) is 0 Å². The van der Waals surface area contributed by atoms with Crippen molar-refractivity contribution in [3.63, 3.8) is 0 Å². The van der Waals surface area contributed by atoms with E-state index in [0.29, 0.717) is 5.92 Å². The van der Waals surface area contributed by atoms with E-state index >= 15 is 0 Å². The number of aliphatic hydroxyl groups is 1. The molecule has 0 spiro atoms. The molecule has 0 amide bonds. The van der Waals surface area contributed by atoms with Crippen LogP contribution in [0.15, 0.2) is 0 Å². The molecule has 0 aliphatic heterocycles. The van der Waals surface area contributed by atoms with Gasteiger partial charge in [0.1, 0.15) is 0 Å². The summed E-state index contributed by atoms with van der Waals surface area (Å²) in [5.41, 5.74) is -0.310. The summed E-state index contributed by atoms with van der Waals surface area (Å²) in [4.78, 5) is 0. The second-order valence-corrected chi connectivity index (χ2v) is 6.68. The molecule has 19 heavy (non-hydrogen) atoms. The van der Waals surface area contributed by atoms with Gasteiger partial charge in [0.25, 0.3) is 0 Å². The lowest BCUT2D eigenvalue weighted by Crippen LogP contribution is -2.40. The van der Waals surface area contributed by atoms with Crippen molar-refractivity contribution in [1.29, 1.82) is 0 Å². The van der Waals surface area contributed by atoms with Gasteiger partial charge in [-0.25, -0.2) is 0 Å². The lowest BCUT2D eigenvalue weighted by Gasteiger charge is -2.40. The first-order valence-corrected chi connectivity index (χ1v) is 8.95. The standard InChI is InChI=1S/C18H36O/c1-3-5-6-7-8-9-10-12-15-18(19)16-13-11-14-17(18)4-2/h17,19H,3-16H2,1-2H3. The fourth-order valence-corrected chi connectivity index (χ4v) is 3.77. The Balaban J connectivity index is 2.07. The monoisotopic (exact) mass is 268 g/mol. The summed E-state index contributed by atoms with van der Waals surface area (Å²) in [6.07, 6.45) is 18.0. The van der Waals surface area contributed by atoms with Crippen molar-refractivity contribution in [2.24, 2.45) is 5.92 Å². The van der Waals surface area contributed by atoms with E-state index in [0.717, 1.165) is 19.3 Å². The minimum Gasteiger partial charge on any atom is -0.390 e. The SMILES string of the molecule is CCCCCCCCCCC1(O)CCCCC1CC. The first-order valence-electron chi connectivity index (χ1n) is 8.95. The van der Waals surface area contributed by atoms with Crippen LogP contribution in [0.5, 0.6) is 0 Å². The molecule has 2 unspecified atom stereocenters. The quantitative estimate of drug-likeness (QED) is 0.493. The summed E-state index contributed by atoms with van der Waals surface area (Å²) in [5.74, 6) is 0.575. The van der Waals surface area contributed by atoms with Gasteiger partial charge in [-0.3, -0.25) is 0 Å². The van der Waals surface area contributed by atoms with Gasteiger partial charge in [0.2, 0.25) is 0 Å². The predicted molar refractivity (Wildman–Crippen MR) is 84.4 cm³/mol. The molecule has 1 N–H and O–H groups in total. The van der Waals surface area contributed by atoms with Crippen LogP contribution < -0.4 is 0 Å². The van der Waals surface area contributed by atoms with E-state index < -0.39 is 0 Å². The molecule has 1 nitrogen and oxygen atoms in total. The predicted octanol–water partition coefficient (Wildman–Crippen LogP) is 5.85. The molecule has 0 bridgehead atoms. The molecule has 0 saturated heterocycles. The maximum atomic E-state index is 10.8. The van der Waals surface area contributed by atoms with Crippen molar-refractivity contribution in [2.45, 2.75) is 109 Å². The van der Waals surface area contributed by atoms with Crippen molar-refractivity contribution >= 4 is 0 Å². The number of rotatable bonds is 10. The van der Waals surface area contributed by atoms with Crippen molar-refractivity contribution in [2.75, 3.05) is 0 Å². The Morgan fingerprint density at radius 1 is 0.895 bits per heavy atom. The van der Waals surface area contributed by atoms with Crippen LogP contribution in [-0.4, -0.2) is 10.7 Å². The smallest absolute Gasteiger partial charge is 0.0675 e. The summed E-state index contributed by atoms with van der Waals surface area (Å²) < 4.78 is 0. The maximum absolute atomic E-state index is 10.8. The molecule has 0 aromatic rings. The van der Waals surface area contributed by atoms with Gasteiger partial charge < -0.3 is 5.11 Å². The Kier molecular flexibility index (Phi) is 8.77. The van der Waals surface area contributed by atoms with Gasteiger partial charge in [-0.05, 0) is 25.2 Å². The summed E-state index contributed by atoms with van der Waals surface area (Å²) in [6.45, 7) is 4.52. The van der Waals surface area contributed by atoms with Crippen LogP contribution in [0, 0.1) is 5.92 Å². The molecule has 0 aromatic heterocycles. The minimum atomic E-state index is -0.310. The van der Waals surface area contributed by atoms with E-state index in [-0.39, 0.29) is 5.60 Å². The van der Waals surface area contributed by atoms with E-state index in [4.69, 9.17) is 0 Å². The molecule has 1 aliphatic carbocycles. The highest BCUT2D eigenvalue weighted by Crippen LogP contribution is 2.39. The van der Waals surface area contributed by atoms with E-state index in [2.05, 4.69) is 13.8 Å². The van der Waals surface area contributed by atoms with Crippen molar-refractivity contribution in [3.05, 3.63) is 0 Å². The highest BCUT2D eigenvalue weighted by atomic mass is 16.3. The average Bonchev–Trinajstić information content (AvgIpc) is 2.42. The highest BCUT2D eigenvalue weighted by molar-refractivity contribution is 4.89. The third kappa shape index (κ3) is 6.29. The first kappa shape index (κ1) is 17.0. The van der Waals surface area contributed by atoms with Gasteiger partial charge >= 0.3 is 0 Å². The van der Waals surface area contributed by atoms with Crippen molar-refractivity contribution in [1.82, 2.24) is 0 Å². The second kappa shape index (κ2) is 9.80. The summed E-state index contributed by atoms with van der Waals surface area (Å²) >= 11 is 0. The van der Waals surface area contributed by atoms with Gasteiger partial charge in [-0.1, -0.05) is 84.5 Å². The Morgan fingerprint density at radius 2 is 1.53 bits per heavy atom. The molecule has 0 aromatic carbocycles. The van der Waals surface area contributed by atoms with E-state index in [9.17, 15) is 5.11 Å². The van der Waals surface area contributed by atoms with E-state index in [1.165, 1.54) is 70.6 Å². The van der Waals surface area contributed by atoms with Gasteiger partial charge in [-0.2, -0.15) is 0 Å². The molecular weight excluding hydrogens is 232 g/mol. The lowest BCUT2D eigenvalue weighted by molar-refractivity contribution is -0.0579. The molecule has 114 valence electrons. The van der Waals surface area contributed by atoms with Crippen LogP contribution in [0.3, 0.4) is 0 Å². The third-order valence-electron chi connectivity index (χ3n) is 5.13. The number of hydrogen-bond donors (Lipinski definition) is 1. The molecule has 2 atom stereocenters. The van der Waals surface area contributed by atoms with Crippen molar-refractivity contribution < 1.29 is 5.11 Å². The van der Waals surface area contributed by atoms with Crippen LogP contribution in [0.1, 0.15) is 104 Å². The Hall–Kier alpha value is -0.0400. The molecule has 1 saturated carbocycles. The first-order chi connectivity index (χ1) is 9.23. The molecule has 1 rings (SSSR count). The van der Waals surface area contributed by atoms with Crippen LogP contribution in [0.2, 0.25) is 0 Å². The van der Waals surface area contributed by atoms with Gasteiger partial charge in [0.05, 0.1) is 5.60 Å². The fourth-order valence-electron chi connectivity index (χ4n) is 3.77. The normalized spacial score (nSPS) is 27.6. The fraction of sp³-hybridized carbons (Fsp3) is 1.00. The zero-order valence-corrected chi connectivity index (χ0v) is 13.4. The zero-order valence-electron chi connectivity index (χ0n) is 13.4. The van der Waals surface area contributed by atoms with Gasteiger partial charge in [0.15, 0.2) is 0 Å². The minimum absolute atomic E-state index is 0.310. The highest BCUT2D eigenvalue weighted by Gasteiger charge is 2.36.